The van der Waals surface area contributed by atoms with E-state index in [4.69, 9.17) is 10.8 Å². The number of carboxylic acids is 1. The van der Waals surface area contributed by atoms with Gasteiger partial charge in [0.1, 0.15) is 17.9 Å². The number of nitrogens with zero attached hydrogens (tertiary/aromatic N) is 2. The van der Waals surface area contributed by atoms with E-state index in [1.807, 2.05) is 0 Å². The summed E-state index contributed by atoms with van der Waals surface area (Å²) in [6, 6.07) is -0.0344. The van der Waals surface area contributed by atoms with Crippen molar-refractivity contribution in [3.8, 4) is 0 Å². The van der Waals surface area contributed by atoms with E-state index < -0.39 is 41.3 Å². The van der Waals surface area contributed by atoms with E-state index in [1.165, 1.54) is 0 Å². The third kappa shape index (κ3) is 2.52. The largest absolute Gasteiger partial charge is 0.480 e. The van der Waals surface area contributed by atoms with Gasteiger partial charge in [0, 0.05) is 6.20 Å². The number of amides is 1. The van der Waals surface area contributed by atoms with Gasteiger partial charge in [-0.05, 0) is 18.9 Å². The molecule has 2 rings (SSSR count). The average Bonchev–Trinajstić information content (AvgIpc) is 2.87. The smallest absolute Gasteiger partial charge is 0.320 e. The van der Waals surface area contributed by atoms with Crippen molar-refractivity contribution in [2.75, 3.05) is 5.12 Å². The topological polar surface area (TPSA) is 109 Å². The number of rotatable bonds is 4. The molecule has 0 radical (unpaired) electrons. The summed E-state index contributed by atoms with van der Waals surface area (Å²) in [5, 5.41) is 11.3. The molecule has 1 aromatic rings. The van der Waals surface area contributed by atoms with Crippen molar-refractivity contribution in [1.82, 2.24) is 10.3 Å². The van der Waals surface area contributed by atoms with Crippen molar-refractivity contribution in [3.63, 3.8) is 0 Å². The number of nitrogens with two attached hydrogens (primary N) is 1. The molecule has 20 heavy (non-hydrogen) atoms. The molecule has 1 saturated heterocycles. The van der Waals surface area contributed by atoms with Gasteiger partial charge in [0.25, 0.3) is 5.91 Å². The molecule has 1 aliphatic heterocycles. The normalized spacial score (nSPS) is 21.7. The molecule has 9 heteroatoms. The van der Waals surface area contributed by atoms with Gasteiger partial charge in [0.05, 0.1) is 0 Å². The first-order chi connectivity index (χ1) is 9.41. The van der Waals surface area contributed by atoms with E-state index >= 15 is 0 Å². The van der Waals surface area contributed by atoms with E-state index in [-0.39, 0.29) is 18.0 Å². The van der Waals surface area contributed by atoms with Gasteiger partial charge in [-0.1, -0.05) is 4.48 Å². The van der Waals surface area contributed by atoms with Crippen molar-refractivity contribution < 1.29 is 23.6 Å². The molecule has 0 aromatic carbocycles. The van der Waals surface area contributed by atoms with Crippen LogP contribution >= 0.6 is 0 Å². The number of hydrogen-bond donors (Lipinski definition) is 3. The summed E-state index contributed by atoms with van der Waals surface area (Å²) in [5.41, 5.74) is 3.78. The summed E-state index contributed by atoms with van der Waals surface area (Å²) in [5.74, 6) is -3.20. The lowest BCUT2D eigenvalue weighted by molar-refractivity contribution is -0.139. The van der Waals surface area contributed by atoms with Crippen molar-refractivity contribution >= 4 is 17.6 Å². The number of pyridine rings is 1. The Hall–Kier alpha value is -2.29. The van der Waals surface area contributed by atoms with Crippen molar-refractivity contribution in [3.05, 3.63) is 23.8 Å². The average molecular weight is 286 g/mol. The lowest BCUT2D eigenvalue weighted by atomic mass is 10.2. The molecule has 108 valence electrons. The number of halogens is 2. The second-order valence-corrected chi connectivity index (χ2v) is 4.32. The van der Waals surface area contributed by atoms with Gasteiger partial charge in [-0.15, -0.1) is 0 Å². The Morgan fingerprint density at radius 2 is 2.20 bits per heavy atom. The fraction of sp³-hybridized carbons (Fsp3) is 0.364. The van der Waals surface area contributed by atoms with Gasteiger partial charge in [-0.2, -0.15) is 5.12 Å². The molecule has 0 aliphatic carbocycles. The summed E-state index contributed by atoms with van der Waals surface area (Å²) in [7, 11) is 0. The highest BCUT2D eigenvalue weighted by Gasteiger charge is 2.35. The minimum atomic E-state index is -1.12. The number of nitrogens with one attached hydrogen (secondary N) is 1. The molecule has 0 spiro atoms. The second-order valence-electron chi connectivity index (χ2n) is 4.32. The van der Waals surface area contributed by atoms with Crippen molar-refractivity contribution in [1.29, 1.82) is 0 Å². The Labute approximate surface area is 112 Å². The van der Waals surface area contributed by atoms with Crippen molar-refractivity contribution in [2.45, 2.75) is 25.0 Å². The molecule has 1 fully saturated rings. The minimum absolute atomic E-state index is 0.0363. The standard InChI is InChI=1S/C11H12F2N4O3/c12-5-3-4-15-8(10(14)18)9(5)17(13)7-2-1-6(16-7)11(19)20/h3-4,6-7,16H,1-2H2,(H2,14,18)(H,19,20)/t6-,7?/m0/s1. The van der Waals surface area contributed by atoms with Crippen LogP contribution in [0, 0.1) is 5.82 Å². The van der Waals surface area contributed by atoms with E-state index in [0.717, 1.165) is 12.3 Å². The molecule has 1 unspecified atom stereocenters. The van der Waals surface area contributed by atoms with Crippen molar-refractivity contribution in [2.24, 2.45) is 5.73 Å². The number of aliphatic carboxylic acids is 1. The second kappa shape index (κ2) is 5.37. The number of carbonyl (C=O) groups excluding carboxylic acids is 1. The van der Waals surface area contributed by atoms with Crippen LogP contribution in [-0.2, 0) is 4.79 Å². The van der Waals surface area contributed by atoms with E-state index in [1.54, 1.807) is 0 Å². The van der Waals surface area contributed by atoms with Gasteiger partial charge >= 0.3 is 5.97 Å². The van der Waals surface area contributed by atoms with Crippen LogP contribution in [0.4, 0.5) is 14.6 Å². The maximum Gasteiger partial charge on any atom is 0.320 e. The maximum atomic E-state index is 14.2. The number of aromatic nitrogens is 1. The van der Waals surface area contributed by atoms with Gasteiger partial charge < -0.3 is 10.8 Å². The molecular formula is C11H12F2N4O3. The predicted octanol–water partition coefficient (Wildman–Crippen LogP) is 0.173. The summed E-state index contributed by atoms with van der Waals surface area (Å²) < 4.78 is 27.9. The van der Waals surface area contributed by atoms with Gasteiger partial charge in [-0.3, -0.25) is 14.9 Å². The zero-order chi connectivity index (χ0) is 14.9. The van der Waals surface area contributed by atoms with Crippen LogP contribution < -0.4 is 16.2 Å². The Morgan fingerprint density at radius 1 is 1.50 bits per heavy atom. The molecule has 2 heterocycles. The quantitative estimate of drug-likeness (QED) is 0.681. The zero-order valence-corrected chi connectivity index (χ0v) is 10.2. The fourth-order valence-corrected chi connectivity index (χ4v) is 2.07. The van der Waals surface area contributed by atoms with Gasteiger partial charge in [0.15, 0.2) is 11.5 Å². The Morgan fingerprint density at radius 3 is 2.75 bits per heavy atom. The number of carbonyl (C=O) groups is 2. The fourth-order valence-electron chi connectivity index (χ4n) is 2.07. The summed E-state index contributed by atoms with van der Waals surface area (Å²) in [6.07, 6.45) is 0.260. The summed E-state index contributed by atoms with van der Waals surface area (Å²) in [6.45, 7) is 0. The molecule has 2 atom stereocenters. The number of carboxylic acid groups (broad SMARTS) is 1. The number of anilines is 1. The first-order valence-corrected chi connectivity index (χ1v) is 5.80. The minimum Gasteiger partial charge on any atom is -0.480 e. The Bertz CT molecular complexity index is 554. The lowest BCUT2D eigenvalue weighted by Crippen LogP contribution is -2.43. The predicted molar refractivity (Wildman–Crippen MR) is 63.9 cm³/mol. The third-order valence-corrected chi connectivity index (χ3v) is 3.02. The Balaban J connectivity index is 2.28. The molecule has 0 bridgehead atoms. The highest BCUT2D eigenvalue weighted by atomic mass is 19.2. The van der Waals surface area contributed by atoms with Crippen LogP contribution in [0.5, 0.6) is 0 Å². The summed E-state index contributed by atoms with van der Waals surface area (Å²) in [4.78, 5) is 25.5. The van der Waals surface area contributed by atoms with Crippen LogP contribution in [0.1, 0.15) is 23.3 Å². The zero-order valence-electron chi connectivity index (χ0n) is 10.2. The monoisotopic (exact) mass is 286 g/mol. The molecule has 1 amide bonds. The van der Waals surface area contributed by atoms with Crippen LogP contribution in [0.2, 0.25) is 0 Å². The number of primary amides is 1. The molecule has 4 N–H and O–H groups in total. The first kappa shape index (κ1) is 14.1. The molecule has 0 saturated carbocycles. The Kier molecular flexibility index (Phi) is 3.79. The van der Waals surface area contributed by atoms with Gasteiger partial charge in [0.2, 0.25) is 0 Å². The molecular weight excluding hydrogens is 274 g/mol. The van der Waals surface area contributed by atoms with Crippen LogP contribution in [0.3, 0.4) is 0 Å². The van der Waals surface area contributed by atoms with E-state index in [2.05, 4.69) is 10.3 Å². The third-order valence-electron chi connectivity index (χ3n) is 3.02. The molecule has 7 nitrogen and oxygen atoms in total. The SMILES string of the molecule is NC(=O)c1nccc(F)c1N(F)C1CC[C@@H](C(=O)O)N1. The maximum absolute atomic E-state index is 14.2. The molecule has 1 aromatic heterocycles. The lowest BCUT2D eigenvalue weighted by Gasteiger charge is -2.23. The van der Waals surface area contributed by atoms with Crippen LogP contribution in [0.15, 0.2) is 12.3 Å². The highest BCUT2D eigenvalue weighted by molar-refractivity contribution is 5.96. The number of hydrogen-bond acceptors (Lipinski definition) is 5. The molecule has 1 aliphatic rings. The van der Waals surface area contributed by atoms with E-state index in [9.17, 15) is 18.5 Å². The highest BCUT2D eigenvalue weighted by Crippen LogP contribution is 2.28. The van der Waals surface area contributed by atoms with E-state index in [0.29, 0.717) is 0 Å². The first-order valence-electron chi connectivity index (χ1n) is 5.80. The van der Waals surface area contributed by atoms with Crippen LogP contribution in [-0.4, -0.2) is 34.2 Å². The van der Waals surface area contributed by atoms with Crippen LogP contribution in [0.25, 0.3) is 0 Å². The summed E-state index contributed by atoms with van der Waals surface area (Å²) >= 11 is 0. The van der Waals surface area contributed by atoms with Gasteiger partial charge in [-0.25, -0.2) is 9.37 Å².